The summed E-state index contributed by atoms with van der Waals surface area (Å²) in [5.41, 5.74) is 1.86. The van der Waals surface area contributed by atoms with Crippen molar-refractivity contribution in [3.05, 3.63) is 65.3 Å². The summed E-state index contributed by atoms with van der Waals surface area (Å²) in [6.07, 6.45) is 1.56. The van der Waals surface area contributed by atoms with Crippen molar-refractivity contribution in [2.24, 2.45) is 0 Å². The van der Waals surface area contributed by atoms with Crippen LogP contribution in [0, 0.1) is 0 Å². The molecule has 4 rings (SSSR count). The normalized spacial score (nSPS) is 20.0. The number of amides is 3. The van der Waals surface area contributed by atoms with Gasteiger partial charge in [0.15, 0.2) is 0 Å². The van der Waals surface area contributed by atoms with E-state index in [0.29, 0.717) is 30.1 Å². The Labute approximate surface area is 137 Å². The fraction of sp³-hybridized carbons (Fsp3) is 0.176. The zero-order valence-corrected chi connectivity index (χ0v) is 12.7. The zero-order valence-electron chi connectivity index (χ0n) is 12.7. The summed E-state index contributed by atoms with van der Waals surface area (Å²) in [6.45, 7) is 0.674. The summed E-state index contributed by atoms with van der Waals surface area (Å²) in [4.78, 5) is 26.4. The molecule has 3 amide bonds. The van der Waals surface area contributed by atoms with Gasteiger partial charge in [0.2, 0.25) is 0 Å². The van der Waals surface area contributed by atoms with Crippen LogP contribution in [0.3, 0.4) is 0 Å². The molecule has 0 fully saturated rings. The lowest BCUT2D eigenvalue weighted by molar-refractivity contribution is -0.126. The van der Waals surface area contributed by atoms with E-state index < -0.39 is 6.04 Å². The Kier molecular flexibility index (Phi) is 3.26. The first-order valence-electron chi connectivity index (χ1n) is 7.53. The van der Waals surface area contributed by atoms with E-state index in [4.69, 9.17) is 4.42 Å². The minimum absolute atomic E-state index is 0.130. The first kappa shape index (κ1) is 14.4. The van der Waals surface area contributed by atoms with Gasteiger partial charge < -0.3 is 25.1 Å². The first-order chi connectivity index (χ1) is 11.6. The lowest BCUT2D eigenvalue weighted by Gasteiger charge is -2.25. The molecule has 24 heavy (non-hydrogen) atoms. The standard InChI is InChI=1S/C17H15N3O4/c21-11-5-3-10(4-6-11)15-14-13(18-17(23)19-15)9-20(16(14)22)8-12-2-1-7-24-12/h1-7,15,21H,8-9H2,(H2,18,19,23)/t15-/m0/s1. The van der Waals surface area contributed by atoms with Gasteiger partial charge in [0.25, 0.3) is 5.91 Å². The van der Waals surface area contributed by atoms with E-state index in [1.807, 2.05) is 0 Å². The van der Waals surface area contributed by atoms with Gasteiger partial charge in [-0.2, -0.15) is 0 Å². The highest BCUT2D eigenvalue weighted by Crippen LogP contribution is 2.33. The van der Waals surface area contributed by atoms with E-state index in [9.17, 15) is 14.7 Å². The number of carbonyl (C=O) groups excluding carboxylic acids is 2. The Morgan fingerprint density at radius 3 is 2.71 bits per heavy atom. The molecule has 0 aliphatic carbocycles. The average molecular weight is 325 g/mol. The molecule has 122 valence electrons. The summed E-state index contributed by atoms with van der Waals surface area (Å²) in [5, 5.41) is 14.9. The van der Waals surface area contributed by atoms with Crippen molar-refractivity contribution in [3.63, 3.8) is 0 Å². The summed E-state index contributed by atoms with van der Waals surface area (Å²) >= 11 is 0. The van der Waals surface area contributed by atoms with Gasteiger partial charge in [0.1, 0.15) is 11.5 Å². The number of nitrogens with zero attached hydrogens (tertiary/aromatic N) is 1. The maximum Gasteiger partial charge on any atom is 0.319 e. The Hall–Kier alpha value is -3.22. The predicted molar refractivity (Wildman–Crippen MR) is 83.7 cm³/mol. The molecule has 3 heterocycles. The molecular weight excluding hydrogens is 310 g/mol. The van der Waals surface area contributed by atoms with Crippen molar-refractivity contribution in [1.82, 2.24) is 15.5 Å². The van der Waals surface area contributed by atoms with Crippen LogP contribution in [0.2, 0.25) is 0 Å². The predicted octanol–water partition coefficient (Wildman–Crippen LogP) is 1.64. The van der Waals surface area contributed by atoms with Crippen LogP contribution in [-0.2, 0) is 11.3 Å². The second-order valence-corrected chi connectivity index (χ2v) is 5.76. The second-order valence-electron chi connectivity index (χ2n) is 5.76. The summed E-state index contributed by atoms with van der Waals surface area (Å²) < 4.78 is 5.30. The maximum atomic E-state index is 12.8. The number of furan rings is 1. The van der Waals surface area contributed by atoms with Crippen molar-refractivity contribution in [2.45, 2.75) is 12.6 Å². The van der Waals surface area contributed by atoms with Gasteiger partial charge in [-0.25, -0.2) is 4.79 Å². The Balaban J connectivity index is 1.64. The monoisotopic (exact) mass is 325 g/mol. The number of phenols is 1. The number of carbonyl (C=O) groups is 2. The third kappa shape index (κ3) is 2.40. The molecule has 1 aromatic heterocycles. The van der Waals surface area contributed by atoms with Crippen LogP contribution in [0.15, 0.2) is 58.3 Å². The largest absolute Gasteiger partial charge is 0.508 e. The number of hydrogen-bond donors (Lipinski definition) is 3. The highest BCUT2D eigenvalue weighted by molar-refractivity contribution is 6.01. The maximum absolute atomic E-state index is 12.8. The summed E-state index contributed by atoms with van der Waals surface area (Å²) in [6, 6.07) is 9.14. The molecule has 7 nitrogen and oxygen atoms in total. The van der Waals surface area contributed by atoms with Gasteiger partial charge in [-0.3, -0.25) is 4.79 Å². The van der Waals surface area contributed by atoms with E-state index in [1.54, 1.807) is 35.4 Å². The Morgan fingerprint density at radius 2 is 2.00 bits per heavy atom. The molecule has 0 radical (unpaired) electrons. The SMILES string of the molecule is O=C1NC2=C(C(=O)N(Cc3ccco3)C2)[C@H](c2ccc(O)cc2)N1. The van der Waals surface area contributed by atoms with E-state index in [-0.39, 0.29) is 17.7 Å². The number of hydrogen-bond acceptors (Lipinski definition) is 4. The van der Waals surface area contributed by atoms with Gasteiger partial charge >= 0.3 is 6.03 Å². The topological polar surface area (TPSA) is 94.8 Å². The van der Waals surface area contributed by atoms with Crippen molar-refractivity contribution < 1.29 is 19.1 Å². The number of nitrogens with one attached hydrogen (secondary N) is 2. The number of rotatable bonds is 3. The van der Waals surface area contributed by atoms with Crippen molar-refractivity contribution in [3.8, 4) is 5.75 Å². The number of urea groups is 1. The van der Waals surface area contributed by atoms with Crippen molar-refractivity contribution in [2.75, 3.05) is 6.54 Å². The molecule has 0 saturated carbocycles. The molecule has 0 unspecified atom stereocenters. The first-order valence-corrected chi connectivity index (χ1v) is 7.53. The van der Waals surface area contributed by atoms with Gasteiger partial charge in [0.05, 0.1) is 36.7 Å². The summed E-state index contributed by atoms with van der Waals surface area (Å²) in [5.74, 6) is 0.668. The lowest BCUT2D eigenvalue weighted by Crippen LogP contribution is -2.44. The quantitative estimate of drug-likeness (QED) is 0.799. The van der Waals surface area contributed by atoms with Crippen LogP contribution < -0.4 is 10.6 Å². The summed E-state index contributed by atoms with van der Waals surface area (Å²) in [7, 11) is 0. The van der Waals surface area contributed by atoms with Crippen LogP contribution in [0.25, 0.3) is 0 Å². The molecule has 0 spiro atoms. The van der Waals surface area contributed by atoms with Crippen LogP contribution in [-0.4, -0.2) is 28.5 Å². The van der Waals surface area contributed by atoms with Crippen LogP contribution >= 0.6 is 0 Å². The molecule has 2 aliphatic rings. The van der Waals surface area contributed by atoms with Gasteiger partial charge in [-0.1, -0.05) is 12.1 Å². The molecule has 0 saturated heterocycles. The fourth-order valence-electron chi connectivity index (χ4n) is 3.06. The van der Waals surface area contributed by atoms with Gasteiger partial charge in [-0.05, 0) is 29.8 Å². The van der Waals surface area contributed by atoms with E-state index in [1.165, 1.54) is 12.1 Å². The van der Waals surface area contributed by atoms with Crippen LogP contribution in [0.5, 0.6) is 5.75 Å². The molecule has 1 aromatic carbocycles. The Morgan fingerprint density at radius 1 is 1.21 bits per heavy atom. The van der Waals surface area contributed by atoms with Gasteiger partial charge in [-0.15, -0.1) is 0 Å². The molecule has 2 aromatic rings. The number of phenolic OH excluding ortho intramolecular Hbond substituents is 1. The highest BCUT2D eigenvalue weighted by atomic mass is 16.3. The smallest absolute Gasteiger partial charge is 0.319 e. The number of aromatic hydroxyl groups is 1. The minimum Gasteiger partial charge on any atom is -0.508 e. The van der Waals surface area contributed by atoms with Crippen LogP contribution in [0.4, 0.5) is 4.79 Å². The number of benzene rings is 1. The Bertz CT molecular complexity index is 824. The fourth-order valence-corrected chi connectivity index (χ4v) is 3.06. The third-order valence-corrected chi connectivity index (χ3v) is 4.17. The van der Waals surface area contributed by atoms with Crippen LogP contribution in [0.1, 0.15) is 17.4 Å². The van der Waals surface area contributed by atoms with Crippen molar-refractivity contribution >= 4 is 11.9 Å². The van der Waals surface area contributed by atoms with E-state index in [0.717, 1.165) is 5.56 Å². The molecule has 1 atom stereocenters. The molecule has 7 heteroatoms. The molecule has 2 aliphatic heterocycles. The highest BCUT2D eigenvalue weighted by Gasteiger charge is 2.40. The minimum atomic E-state index is -0.538. The second kappa shape index (κ2) is 5.45. The van der Waals surface area contributed by atoms with E-state index >= 15 is 0 Å². The molecule has 0 bridgehead atoms. The van der Waals surface area contributed by atoms with Gasteiger partial charge in [0, 0.05) is 0 Å². The van der Waals surface area contributed by atoms with Crippen molar-refractivity contribution in [1.29, 1.82) is 0 Å². The molecular formula is C17H15N3O4. The molecule has 3 N–H and O–H groups in total. The average Bonchev–Trinajstić information content (AvgIpc) is 3.17. The zero-order chi connectivity index (χ0) is 16.7. The third-order valence-electron chi connectivity index (χ3n) is 4.17. The van der Waals surface area contributed by atoms with E-state index in [2.05, 4.69) is 10.6 Å². The lowest BCUT2D eigenvalue weighted by atomic mass is 9.96.